The molecule has 1 aliphatic heterocycles. The van der Waals surface area contributed by atoms with E-state index in [1.807, 2.05) is 18.2 Å². The van der Waals surface area contributed by atoms with Gasteiger partial charge in [-0.15, -0.1) is 0 Å². The molecule has 7 heteroatoms. The van der Waals surface area contributed by atoms with Crippen LogP contribution < -0.4 is 15.1 Å². The van der Waals surface area contributed by atoms with Crippen LogP contribution in [-0.4, -0.2) is 23.8 Å². The summed E-state index contributed by atoms with van der Waals surface area (Å²) in [5.74, 6) is 0.247. The van der Waals surface area contributed by atoms with Crippen molar-refractivity contribution in [3.63, 3.8) is 0 Å². The number of benzene rings is 2. The van der Waals surface area contributed by atoms with Crippen molar-refractivity contribution in [1.29, 1.82) is 0 Å². The predicted molar refractivity (Wildman–Crippen MR) is 95.7 cm³/mol. The van der Waals surface area contributed by atoms with E-state index in [0.29, 0.717) is 22.3 Å². The maximum absolute atomic E-state index is 12.2. The minimum Gasteiger partial charge on any atom is -0.481 e. The van der Waals surface area contributed by atoms with Crippen LogP contribution in [0.15, 0.2) is 59.7 Å². The highest BCUT2D eigenvalue weighted by Gasteiger charge is 2.27. The van der Waals surface area contributed by atoms with Gasteiger partial charge in [-0.25, -0.2) is 0 Å². The summed E-state index contributed by atoms with van der Waals surface area (Å²) in [6.45, 7) is 1.62. The normalized spacial score (nSPS) is 14.9. The largest absolute Gasteiger partial charge is 0.481 e. The summed E-state index contributed by atoms with van der Waals surface area (Å²) in [4.78, 5) is 24.3. The summed E-state index contributed by atoms with van der Waals surface area (Å²) in [5, 5.41) is 8.68. The predicted octanol–water partition coefficient (Wildman–Crippen LogP) is 2.97. The van der Waals surface area contributed by atoms with Gasteiger partial charge >= 0.3 is 0 Å². The lowest BCUT2D eigenvalue weighted by Gasteiger charge is -2.14. The number of carbonyl (C=O) groups is 2. The van der Waals surface area contributed by atoms with E-state index >= 15 is 0 Å². The molecule has 6 nitrogen and oxygen atoms in total. The highest BCUT2D eigenvalue weighted by molar-refractivity contribution is 6.30. The topological polar surface area (TPSA) is 71.0 Å². The molecule has 2 aromatic rings. The maximum Gasteiger partial charge on any atom is 0.266 e. The van der Waals surface area contributed by atoms with E-state index in [9.17, 15) is 9.59 Å². The Labute approximate surface area is 150 Å². The number of hydrogen-bond acceptors (Lipinski definition) is 4. The lowest BCUT2D eigenvalue weighted by atomic mass is 10.3. The maximum atomic E-state index is 12.2. The lowest BCUT2D eigenvalue weighted by molar-refractivity contribution is -0.125. The molecule has 0 radical (unpaired) electrons. The molecular weight excluding hydrogens is 342 g/mol. The number of carbonyl (C=O) groups excluding carboxylic acids is 2. The van der Waals surface area contributed by atoms with Gasteiger partial charge in [0.05, 0.1) is 12.1 Å². The Kier molecular flexibility index (Phi) is 5.00. The first-order chi connectivity index (χ1) is 12.0. The van der Waals surface area contributed by atoms with E-state index in [2.05, 4.69) is 10.4 Å². The van der Waals surface area contributed by atoms with Crippen molar-refractivity contribution >= 4 is 34.9 Å². The lowest BCUT2D eigenvalue weighted by Crippen LogP contribution is -2.39. The fourth-order valence-corrected chi connectivity index (χ4v) is 2.41. The average Bonchev–Trinajstić information content (AvgIpc) is 2.98. The Bertz CT molecular complexity index is 806. The van der Waals surface area contributed by atoms with Gasteiger partial charge in [0.1, 0.15) is 11.6 Å². The molecule has 0 saturated carbocycles. The van der Waals surface area contributed by atoms with Crippen molar-refractivity contribution < 1.29 is 14.3 Å². The molecule has 1 heterocycles. The van der Waals surface area contributed by atoms with Crippen LogP contribution in [0.2, 0.25) is 5.02 Å². The number of hydrazone groups is 1. The molecule has 0 saturated heterocycles. The monoisotopic (exact) mass is 357 g/mol. The van der Waals surface area contributed by atoms with Gasteiger partial charge in [0.25, 0.3) is 11.8 Å². The highest BCUT2D eigenvalue weighted by Crippen LogP contribution is 2.20. The molecule has 128 valence electrons. The Balaban J connectivity index is 1.62. The van der Waals surface area contributed by atoms with Crippen LogP contribution in [0.4, 0.5) is 5.69 Å². The average molecular weight is 358 g/mol. The van der Waals surface area contributed by atoms with Crippen LogP contribution in [0, 0.1) is 0 Å². The zero-order chi connectivity index (χ0) is 17.8. The second-order valence-electron chi connectivity index (χ2n) is 5.47. The van der Waals surface area contributed by atoms with E-state index in [1.54, 1.807) is 43.3 Å². The number of halogens is 1. The number of rotatable bonds is 4. The van der Waals surface area contributed by atoms with Crippen molar-refractivity contribution in [1.82, 2.24) is 5.32 Å². The van der Waals surface area contributed by atoms with E-state index in [-0.39, 0.29) is 18.2 Å². The number of ether oxygens (including phenoxy) is 1. The van der Waals surface area contributed by atoms with Gasteiger partial charge in [0, 0.05) is 5.02 Å². The number of para-hydroxylation sites is 1. The first kappa shape index (κ1) is 17.0. The van der Waals surface area contributed by atoms with E-state index < -0.39 is 6.10 Å². The van der Waals surface area contributed by atoms with Crippen molar-refractivity contribution in [3.05, 3.63) is 59.6 Å². The molecule has 0 aliphatic carbocycles. The zero-order valence-corrected chi connectivity index (χ0v) is 14.2. The van der Waals surface area contributed by atoms with Crippen molar-refractivity contribution in [2.45, 2.75) is 19.4 Å². The minimum absolute atomic E-state index is 0.0360. The van der Waals surface area contributed by atoms with Crippen LogP contribution in [0.3, 0.4) is 0 Å². The third-order valence-corrected chi connectivity index (χ3v) is 3.79. The Hall–Kier alpha value is -2.86. The fraction of sp³-hybridized carbons (Fsp3) is 0.167. The van der Waals surface area contributed by atoms with Crippen LogP contribution in [0.1, 0.15) is 13.3 Å². The second kappa shape index (κ2) is 7.36. The molecular formula is C18H16ClN3O3. The SMILES string of the molecule is C[C@@H](Oc1ccc(Cl)cc1)C(=O)NC1=NN(c2ccccc2)C(=O)C1. The number of nitrogens with zero attached hydrogens (tertiary/aromatic N) is 2. The molecule has 1 atom stereocenters. The molecule has 2 amide bonds. The summed E-state index contributed by atoms with van der Waals surface area (Å²) in [5.41, 5.74) is 0.655. The number of amides is 2. The molecule has 3 rings (SSSR count). The molecule has 1 N–H and O–H groups in total. The third-order valence-electron chi connectivity index (χ3n) is 3.54. The molecule has 0 spiro atoms. The molecule has 0 unspecified atom stereocenters. The van der Waals surface area contributed by atoms with Gasteiger partial charge < -0.3 is 10.1 Å². The number of amidine groups is 1. The Morgan fingerprint density at radius 2 is 1.88 bits per heavy atom. The highest BCUT2D eigenvalue weighted by atomic mass is 35.5. The van der Waals surface area contributed by atoms with Crippen molar-refractivity contribution in [2.24, 2.45) is 5.10 Å². The van der Waals surface area contributed by atoms with Gasteiger partial charge in [0.15, 0.2) is 6.10 Å². The summed E-state index contributed by atoms with van der Waals surface area (Å²) < 4.78 is 5.56. The second-order valence-corrected chi connectivity index (χ2v) is 5.90. The number of anilines is 1. The summed E-state index contributed by atoms with van der Waals surface area (Å²) in [7, 11) is 0. The molecule has 2 aromatic carbocycles. The van der Waals surface area contributed by atoms with E-state index in [0.717, 1.165) is 0 Å². The number of hydrogen-bond donors (Lipinski definition) is 1. The van der Waals surface area contributed by atoms with Gasteiger partial charge in [0.2, 0.25) is 0 Å². The first-order valence-electron chi connectivity index (χ1n) is 7.71. The smallest absolute Gasteiger partial charge is 0.266 e. The molecule has 0 fully saturated rings. The molecule has 0 bridgehead atoms. The van der Waals surface area contributed by atoms with Gasteiger partial charge in [-0.3, -0.25) is 9.59 Å². The molecule has 0 aromatic heterocycles. The molecule has 25 heavy (non-hydrogen) atoms. The summed E-state index contributed by atoms with van der Waals surface area (Å²) >= 11 is 5.81. The van der Waals surface area contributed by atoms with Crippen LogP contribution in [0.5, 0.6) is 5.75 Å². The molecule has 1 aliphatic rings. The third kappa shape index (κ3) is 4.16. The number of nitrogens with one attached hydrogen (secondary N) is 1. The minimum atomic E-state index is -0.746. The van der Waals surface area contributed by atoms with Crippen molar-refractivity contribution in [3.8, 4) is 5.75 Å². The first-order valence-corrected chi connectivity index (χ1v) is 8.09. The van der Waals surface area contributed by atoms with Crippen LogP contribution in [-0.2, 0) is 9.59 Å². The van der Waals surface area contributed by atoms with Crippen molar-refractivity contribution in [2.75, 3.05) is 5.01 Å². The van der Waals surface area contributed by atoms with Gasteiger partial charge in [-0.1, -0.05) is 29.8 Å². The van der Waals surface area contributed by atoms with Gasteiger partial charge in [-0.2, -0.15) is 10.1 Å². The van der Waals surface area contributed by atoms with Gasteiger partial charge in [-0.05, 0) is 43.3 Å². The van der Waals surface area contributed by atoms with Crippen LogP contribution in [0.25, 0.3) is 0 Å². The quantitative estimate of drug-likeness (QED) is 0.914. The zero-order valence-electron chi connectivity index (χ0n) is 13.5. The summed E-state index contributed by atoms with van der Waals surface area (Å²) in [6, 6.07) is 15.8. The van der Waals surface area contributed by atoms with E-state index in [1.165, 1.54) is 5.01 Å². The standard InChI is InChI=1S/C18H16ClN3O3/c1-12(25-15-9-7-13(19)8-10-15)18(24)20-16-11-17(23)22(21-16)14-5-3-2-4-6-14/h2-10,12H,11H2,1H3,(H,20,21,24)/t12-/m1/s1. The summed E-state index contributed by atoms with van der Waals surface area (Å²) in [6.07, 6.45) is -0.710. The Morgan fingerprint density at radius 3 is 2.56 bits per heavy atom. The fourth-order valence-electron chi connectivity index (χ4n) is 2.28. The van der Waals surface area contributed by atoms with E-state index in [4.69, 9.17) is 16.3 Å². The van der Waals surface area contributed by atoms with Crippen LogP contribution >= 0.6 is 11.6 Å². The Morgan fingerprint density at radius 1 is 1.20 bits per heavy atom.